The van der Waals surface area contributed by atoms with Gasteiger partial charge < -0.3 is 26.0 Å². The number of hydrogen-bond donors (Lipinski definition) is 0. The van der Waals surface area contributed by atoms with Crippen LogP contribution in [0, 0.1) is 0 Å². The van der Waals surface area contributed by atoms with E-state index in [1.165, 1.54) is 11.3 Å². The fourth-order valence-corrected chi connectivity index (χ4v) is 5.82. The van der Waals surface area contributed by atoms with Gasteiger partial charge in [0, 0.05) is 40.8 Å². The molecule has 0 saturated carbocycles. The summed E-state index contributed by atoms with van der Waals surface area (Å²) in [5, 5.41) is 0.634. The summed E-state index contributed by atoms with van der Waals surface area (Å²) in [5.74, 6) is 0.762. The van der Waals surface area contributed by atoms with E-state index in [0.717, 1.165) is 28.9 Å². The van der Waals surface area contributed by atoms with E-state index >= 15 is 0 Å². The molecule has 0 N–H and O–H groups in total. The number of methoxy groups -OCH3 is 1. The Kier molecular flexibility index (Phi) is 4.46. The molecule has 0 spiro atoms. The molecular formula is C24H19Cl2NO3. The summed E-state index contributed by atoms with van der Waals surface area (Å²) in [6, 6.07) is 14.8. The first-order valence-electron chi connectivity index (χ1n) is 9.67. The summed E-state index contributed by atoms with van der Waals surface area (Å²) in [6.45, 7) is 0. The number of aromatic nitrogens is 1. The monoisotopic (exact) mass is 439 g/mol. The second kappa shape index (κ2) is 6.93. The van der Waals surface area contributed by atoms with Crippen molar-refractivity contribution in [2.75, 3.05) is 7.11 Å². The lowest BCUT2D eigenvalue weighted by Crippen LogP contribution is -3.00. The largest absolute Gasteiger partial charge is 1.00 e. The second-order valence-corrected chi connectivity index (χ2v) is 8.17. The van der Waals surface area contributed by atoms with Crippen molar-refractivity contribution in [3.63, 3.8) is 0 Å². The number of fused-ring (bicyclic) bond motifs is 1. The second-order valence-electron chi connectivity index (χ2n) is 7.76. The number of benzene rings is 1. The highest BCUT2D eigenvalue weighted by Crippen LogP contribution is 2.62. The van der Waals surface area contributed by atoms with E-state index in [9.17, 15) is 0 Å². The van der Waals surface area contributed by atoms with Crippen LogP contribution < -0.4 is 21.7 Å². The Balaban J connectivity index is 0.00000193. The van der Waals surface area contributed by atoms with Crippen molar-refractivity contribution in [1.29, 1.82) is 0 Å². The molecule has 0 radical (unpaired) electrons. The lowest BCUT2D eigenvalue weighted by molar-refractivity contribution is -0.732. The van der Waals surface area contributed by atoms with Gasteiger partial charge in [-0.2, -0.15) is 4.57 Å². The first kappa shape index (κ1) is 19.3. The fourth-order valence-electron chi connectivity index (χ4n) is 5.58. The van der Waals surface area contributed by atoms with Crippen LogP contribution in [0.4, 0.5) is 0 Å². The molecular weight excluding hydrogens is 421 g/mol. The predicted molar refractivity (Wildman–Crippen MR) is 107 cm³/mol. The molecule has 2 aliphatic heterocycles. The van der Waals surface area contributed by atoms with Gasteiger partial charge in [0.2, 0.25) is 0 Å². The molecule has 1 aliphatic carbocycles. The smallest absolute Gasteiger partial charge is 0.190 e. The minimum absolute atomic E-state index is 0. The zero-order valence-corrected chi connectivity index (χ0v) is 17.7. The summed E-state index contributed by atoms with van der Waals surface area (Å²) in [4.78, 5) is 0. The molecule has 30 heavy (non-hydrogen) atoms. The number of rotatable bonds is 3. The number of furan rings is 2. The molecule has 6 heteroatoms. The van der Waals surface area contributed by atoms with Crippen LogP contribution in [0.2, 0.25) is 5.02 Å². The number of pyridine rings is 1. The molecule has 0 unspecified atom stereocenters. The maximum atomic E-state index is 6.60. The number of ether oxygens (including phenoxy) is 1. The van der Waals surface area contributed by atoms with Gasteiger partial charge in [-0.1, -0.05) is 23.7 Å². The molecule has 2 bridgehead atoms. The van der Waals surface area contributed by atoms with Crippen molar-refractivity contribution in [3.05, 3.63) is 107 Å². The van der Waals surface area contributed by atoms with Crippen LogP contribution in [0.1, 0.15) is 46.3 Å². The average Bonchev–Trinajstić information content (AvgIpc) is 3.48. The molecule has 152 valence electrons. The maximum Gasteiger partial charge on any atom is 0.190 e. The van der Waals surface area contributed by atoms with Crippen LogP contribution in [0.25, 0.3) is 0 Å². The van der Waals surface area contributed by atoms with Crippen LogP contribution in [0.3, 0.4) is 0 Å². The minimum atomic E-state index is -0.336. The molecule has 0 amide bonds. The Bertz CT molecular complexity index is 1170. The van der Waals surface area contributed by atoms with Gasteiger partial charge in [-0.05, 0) is 18.2 Å². The SMILES string of the molecule is COc1c(Cl)ccc2c1[C@H]1c3cccc[n+]3[C@@H]2CC1(c1ccoc1)c1ccoc1.[Cl-]. The van der Waals surface area contributed by atoms with Crippen LogP contribution in [-0.2, 0) is 5.41 Å². The zero-order chi connectivity index (χ0) is 19.6. The van der Waals surface area contributed by atoms with E-state index < -0.39 is 0 Å². The molecule has 4 aromatic rings. The van der Waals surface area contributed by atoms with Gasteiger partial charge >= 0.3 is 0 Å². The lowest BCUT2D eigenvalue weighted by atomic mass is 9.54. The van der Waals surface area contributed by atoms with Gasteiger partial charge in [0.05, 0.1) is 48.5 Å². The molecule has 1 aromatic carbocycles. The van der Waals surface area contributed by atoms with Crippen LogP contribution in [0.15, 0.2) is 82.5 Å². The van der Waals surface area contributed by atoms with Crippen molar-refractivity contribution < 1.29 is 30.5 Å². The highest BCUT2D eigenvalue weighted by Gasteiger charge is 2.61. The molecule has 3 aromatic heterocycles. The van der Waals surface area contributed by atoms with Gasteiger partial charge in [0.1, 0.15) is 5.75 Å². The molecule has 0 saturated heterocycles. The van der Waals surface area contributed by atoms with E-state index in [4.69, 9.17) is 25.2 Å². The Morgan fingerprint density at radius 1 is 1.03 bits per heavy atom. The van der Waals surface area contributed by atoms with Gasteiger partial charge in [-0.15, -0.1) is 0 Å². The highest BCUT2D eigenvalue weighted by molar-refractivity contribution is 6.32. The Labute approximate surface area is 185 Å². The van der Waals surface area contributed by atoms with Gasteiger partial charge in [0.25, 0.3) is 0 Å². The quantitative estimate of drug-likeness (QED) is 0.459. The van der Waals surface area contributed by atoms with Crippen LogP contribution >= 0.6 is 11.6 Å². The van der Waals surface area contributed by atoms with Gasteiger partial charge in [-0.25, -0.2) is 0 Å². The molecule has 2 atom stereocenters. The fraction of sp³-hybridized carbons (Fsp3) is 0.208. The zero-order valence-electron chi connectivity index (χ0n) is 16.2. The third kappa shape index (κ3) is 2.32. The predicted octanol–water partition coefficient (Wildman–Crippen LogP) is 2.25. The third-order valence-corrected chi connectivity index (χ3v) is 6.97. The standard InChI is InChI=1S/C24H19ClNO3.ClH/c1-27-23-18(25)6-5-17-20-12-24(15-7-10-28-13-15,16-8-11-29-14-16)22(21(17)23)19-4-2-3-9-26(19)20;/h2-11,13-14,20,22H,12H2,1H3;1H/q+1;/p-1/t20-,22-;/m1./s1. The van der Waals surface area contributed by atoms with E-state index in [1.807, 2.05) is 18.6 Å². The van der Waals surface area contributed by atoms with E-state index in [1.54, 1.807) is 19.6 Å². The Morgan fingerprint density at radius 3 is 2.40 bits per heavy atom. The van der Waals surface area contributed by atoms with Gasteiger partial charge in [-0.3, -0.25) is 0 Å². The molecule has 4 nitrogen and oxygen atoms in total. The minimum Gasteiger partial charge on any atom is -1.00 e. The van der Waals surface area contributed by atoms with Crippen molar-refractivity contribution >= 4 is 11.6 Å². The highest BCUT2D eigenvalue weighted by atomic mass is 35.5. The summed E-state index contributed by atoms with van der Waals surface area (Å²) in [7, 11) is 1.69. The summed E-state index contributed by atoms with van der Waals surface area (Å²) in [6.07, 6.45) is 10.3. The molecule has 3 aliphatic rings. The average molecular weight is 440 g/mol. The van der Waals surface area contributed by atoms with E-state index in [0.29, 0.717) is 5.02 Å². The Hall–Kier alpha value is -2.69. The van der Waals surface area contributed by atoms with Gasteiger partial charge in [0.15, 0.2) is 17.9 Å². The number of halogens is 2. The molecule has 5 heterocycles. The summed E-state index contributed by atoms with van der Waals surface area (Å²) < 4.78 is 19.4. The lowest BCUT2D eigenvalue weighted by Gasteiger charge is -2.48. The topological polar surface area (TPSA) is 39.4 Å². The first-order valence-corrected chi connectivity index (χ1v) is 10.0. The van der Waals surface area contributed by atoms with Crippen molar-refractivity contribution in [2.24, 2.45) is 0 Å². The summed E-state index contributed by atoms with van der Waals surface area (Å²) >= 11 is 6.60. The number of hydrogen-bond acceptors (Lipinski definition) is 3. The Morgan fingerprint density at radius 2 is 1.77 bits per heavy atom. The third-order valence-electron chi connectivity index (χ3n) is 6.67. The normalized spacial score (nSPS) is 20.2. The van der Waals surface area contributed by atoms with Crippen molar-refractivity contribution in [3.8, 4) is 5.75 Å². The van der Waals surface area contributed by atoms with Crippen LogP contribution in [-0.4, -0.2) is 7.11 Å². The number of nitrogens with zero attached hydrogens (tertiary/aromatic N) is 1. The summed E-state index contributed by atoms with van der Waals surface area (Å²) in [5.41, 5.74) is 5.59. The maximum absolute atomic E-state index is 6.60. The van der Waals surface area contributed by atoms with Crippen molar-refractivity contribution in [2.45, 2.75) is 23.8 Å². The molecule has 0 fully saturated rings. The van der Waals surface area contributed by atoms with E-state index in [2.05, 4.69) is 47.2 Å². The van der Waals surface area contributed by atoms with E-state index in [-0.39, 0.29) is 29.8 Å². The van der Waals surface area contributed by atoms with Crippen molar-refractivity contribution in [1.82, 2.24) is 0 Å². The first-order chi connectivity index (χ1) is 14.3. The molecule has 7 rings (SSSR count). The van der Waals surface area contributed by atoms with Crippen LogP contribution in [0.5, 0.6) is 5.75 Å².